The van der Waals surface area contributed by atoms with Gasteiger partial charge in [-0.15, -0.1) is 0 Å². The van der Waals surface area contributed by atoms with Gasteiger partial charge < -0.3 is 0 Å². The van der Waals surface area contributed by atoms with Crippen LogP contribution in [0.25, 0.3) is 0 Å². The number of pyridine rings is 1. The van der Waals surface area contributed by atoms with Gasteiger partial charge in [-0.3, -0.25) is 14.9 Å². The summed E-state index contributed by atoms with van der Waals surface area (Å²) < 4.78 is 0. The summed E-state index contributed by atoms with van der Waals surface area (Å²) in [5.74, 6) is 0. The predicted octanol–water partition coefficient (Wildman–Crippen LogP) is 4.88. The van der Waals surface area contributed by atoms with Crippen LogP contribution in [0.1, 0.15) is 29.2 Å². The topological polar surface area (TPSA) is 25.4 Å². The number of aromatic nitrogens is 1. The molecule has 3 aromatic rings. The van der Waals surface area contributed by atoms with Crippen LogP contribution in [0.3, 0.4) is 0 Å². The molecule has 0 aliphatic carbocycles. The lowest BCUT2D eigenvalue weighted by atomic mass is 9.98. The highest BCUT2D eigenvalue weighted by Crippen LogP contribution is 2.37. The van der Waals surface area contributed by atoms with E-state index < -0.39 is 0 Å². The van der Waals surface area contributed by atoms with Crippen LogP contribution in [0.2, 0.25) is 0 Å². The number of anilines is 1. The van der Waals surface area contributed by atoms with Crippen molar-refractivity contribution in [3.8, 4) is 0 Å². The Balaban J connectivity index is 1.61. The molecule has 1 saturated heterocycles. The van der Waals surface area contributed by atoms with Crippen molar-refractivity contribution in [2.24, 2.45) is 0 Å². The highest BCUT2D eigenvalue weighted by molar-refractivity contribution is 5.46. The molecule has 2 heterocycles. The second-order valence-electron chi connectivity index (χ2n) is 6.62. The van der Waals surface area contributed by atoms with Crippen molar-refractivity contribution in [1.82, 2.24) is 4.98 Å². The average molecular weight is 330 g/mol. The Bertz CT molecular complexity index is 802. The number of nitrogens with zero attached hydrogens (tertiary/aromatic N) is 2. The molecule has 2 aromatic carbocycles. The number of hydroxylamine groups is 1. The first kappa shape index (κ1) is 15.9. The largest absolute Gasteiger partial charge is 0.265 e. The molecule has 3 heteroatoms. The van der Waals surface area contributed by atoms with E-state index in [1.807, 2.05) is 18.5 Å². The molecule has 2 atom stereocenters. The molecule has 25 heavy (non-hydrogen) atoms. The van der Waals surface area contributed by atoms with Gasteiger partial charge in [0.1, 0.15) is 6.10 Å². The molecule has 1 fully saturated rings. The van der Waals surface area contributed by atoms with Gasteiger partial charge in [-0.1, -0.05) is 48.0 Å². The standard InChI is InChI=1S/C22H22N2O/c1-17-7-9-19(10-8-17)22-16-21(15-18-11-13-23-14-12-18)24(25-22)20-5-3-2-4-6-20/h2-14,21-22H,15-16H2,1H3/t21-,22-/m1/s1. The predicted molar refractivity (Wildman–Crippen MR) is 100 cm³/mol. The van der Waals surface area contributed by atoms with Gasteiger partial charge in [0.25, 0.3) is 0 Å². The molecule has 4 rings (SSSR count). The van der Waals surface area contributed by atoms with E-state index in [1.165, 1.54) is 16.7 Å². The normalized spacial score (nSPS) is 20.0. The molecule has 0 unspecified atom stereocenters. The van der Waals surface area contributed by atoms with Gasteiger partial charge in [0, 0.05) is 18.8 Å². The number of aryl methyl sites for hydroxylation is 1. The Hall–Kier alpha value is -2.65. The molecule has 0 N–H and O–H groups in total. The second-order valence-corrected chi connectivity index (χ2v) is 6.62. The fraction of sp³-hybridized carbons (Fsp3) is 0.227. The summed E-state index contributed by atoms with van der Waals surface area (Å²) >= 11 is 0. The number of benzene rings is 2. The second kappa shape index (κ2) is 7.08. The summed E-state index contributed by atoms with van der Waals surface area (Å²) in [6, 6.07) is 23.5. The van der Waals surface area contributed by atoms with Crippen molar-refractivity contribution in [2.75, 3.05) is 5.06 Å². The minimum Gasteiger partial charge on any atom is -0.265 e. The molecular formula is C22H22N2O. The van der Waals surface area contributed by atoms with Crippen LogP contribution >= 0.6 is 0 Å². The summed E-state index contributed by atoms with van der Waals surface area (Å²) in [5.41, 5.74) is 4.91. The smallest absolute Gasteiger partial charge is 0.113 e. The fourth-order valence-electron chi connectivity index (χ4n) is 3.39. The molecule has 126 valence electrons. The Morgan fingerprint density at radius 3 is 2.40 bits per heavy atom. The van der Waals surface area contributed by atoms with Crippen molar-refractivity contribution in [3.63, 3.8) is 0 Å². The van der Waals surface area contributed by atoms with E-state index >= 15 is 0 Å². The molecule has 0 amide bonds. The van der Waals surface area contributed by atoms with Gasteiger partial charge in [0.15, 0.2) is 0 Å². The van der Waals surface area contributed by atoms with E-state index in [1.54, 1.807) is 0 Å². The maximum Gasteiger partial charge on any atom is 0.113 e. The maximum absolute atomic E-state index is 6.38. The molecule has 0 spiro atoms. The average Bonchev–Trinajstić information content (AvgIpc) is 3.08. The van der Waals surface area contributed by atoms with Gasteiger partial charge >= 0.3 is 0 Å². The lowest BCUT2D eigenvalue weighted by Gasteiger charge is -2.25. The Morgan fingerprint density at radius 2 is 1.68 bits per heavy atom. The molecule has 0 saturated carbocycles. The van der Waals surface area contributed by atoms with Gasteiger partial charge in [-0.05, 0) is 48.7 Å². The fourth-order valence-corrected chi connectivity index (χ4v) is 3.39. The molecule has 0 bridgehead atoms. The first-order valence-electron chi connectivity index (χ1n) is 8.76. The van der Waals surface area contributed by atoms with Gasteiger partial charge in [-0.25, -0.2) is 0 Å². The van der Waals surface area contributed by atoms with Gasteiger partial charge in [-0.2, -0.15) is 0 Å². The third kappa shape index (κ3) is 3.57. The summed E-state index contributed by atoms with van der Waals surface area (Å²) in [6.45, 7) is 2.11. The van der Waals surface area contributed by atoms with Crippen LogP contribution in [0.4, 0.5) is 5.69 Å². The SMILES string of the molecule is Cc1ccc([C@H]2C[C@@H](Cc3ccncc3)N(c3ccccc3)O2)cc1. The van der Waals surface area contributed by atoms with Crippen molar-refractivity contribution in [2.45, 2.75) is 31.9 Å². The Kier molecular flexibility index (Phi) is 4.49. The van der Waals surface area contributed by atoms with E-state index in [0.717, 1.165) is 18.5 Å². The summed E-state index contributed by atoms with van der Waals surface area (Å²) in [7, 11) is 0. The highest BCUT2D eigenvalue weighted by atomic mass is 16.7. The first-order valence-corrected chi connectivity index (χ1v) is 8.76. The van der Waals surface area contributed by atoms with Crippen molar-refractivity contribution >= 4 is 5.69 Å². The minimum atomic E-state index is 0.0904. The van der Waals surface area contributed by atoms with Crippen molar-refractivity contribution in [3.05, 3.63) is 95.8 Å². The minimum absolute atomic E-state index is 0.0904. The lowest BCUT2D eigenvalue weighted by molar-refractivity contribution is 0.0836. The van der Waals surface area contributed by atoms with Crippen LogP contribution in [-0.4, -0.2) is 11.0 Å². The van der Waals surface area contributed by atoms with E-state index in [4.69, 9.17) is 4.84 Å². The third-order valence-corrected chi connectivity index (χ3v) is 4.74. The molecule has 1 aliphatic rings. The van der Waals surface area contributed by atoms with Crippen molar-refractivity contribution < 1.29 is 4.84 Å². The monoisotopic (exact) mass is 330 g/mol. The van der Waals surface area contributed by atoms with E-state index in [0.29, 0.717) is 6.04 Å². The first-order chi connectivity index (χ1) is 12.3. The Morgan fingerprint density at radius 1 is 0.960 bits per heavy atom. The van der Waals surface area contributed by atoms with Crippen LogP contribution in [0.15, 0.2) is 79.1 Å². The van der Waals surface area contributed by atoms with Gasteiger partial charge in [0.05, 0.1) is 11.7 Å². The zero-order chi connectivity index (χ0) is 17.1. The number of hydrogen-bond donors (Lipinski definition) is 0. The van der Waals surface area contributed by atoms with Crippen LogP contribution in [-0.2, 0) is 11.3 Å². The number of hydrogen-bond acceptors (Lipinski definition) is 3. The zero-order valence-corrected chi connectivity index (χ0v) is 14.4. The van der Waals surface area contributed by atoms with Crippen LogP contribution < -0.4 is 5.06 Å². The summed E-state index contributed by atoms with van der Waals surface area (Å²) in [4.78, 5) is 10.5. The van der Waals surface area contributed by atoms with E-state index in [2.05, 4.69) is 77.6 Å². The third-order valence-electron chi connectivity index (χ3n) is 4.74. The van der Waals surface area contributed by atoms with E-state index in [9.17, 15) is 0 Å². The molecule has 1 aliphatic heterocycles. The van der Waals surface area contributed by atoms with E-state index in [-0.39, 0.29) is 6.10 Å². The maximum atomic E-state index is 6.38. The zero-order valence-electron chi connectivity index (χ0n) is 14.4. The summed E-state index contributed by atoms with van der Waals surface area (Å²) in [5, 5.41) is 2.09. The number of para-hydroxylation sites is 1. The molecule has 0 radical (unpaired) electrons. The van der Waals surface area contributed by atoms with Gasteiger partial charge in [0.2, 0.25) is 0 Å². The van der Waals surface area contributed by atoms with Crippen molar-refractivity contribution in [1.29, 1.82) is 0 Å². The number of rotatable bonds is 4. The van der Waals surface area contributed by atoms with Crippen LogP contribution in [0, 0.1) is 6.92 Å². The lowest BCUT2D eigenvalue weighted by Crippen LogP contribution is -2.29. The quantitative estimate of drug-likeness (QED) is 0.681. The summed E-state index contributed by atoms with van der Waals surface area (Å²) in [6.07, 6.45) is 5.72. The Labute approximate surface area is 148 Å². The molecule has 1 aromatic heterocycles. The molecular weight excluding hydrogens is 308 g/mol. The highest BCUT2D eigenvalue weighted by Gasteiger charge is 2.34. The van der Waals surface area contributed by atoms with Crippen LogP contribution in [0.5, 0.6) is 0 Å². The molecule has 3 nitrogen and oxygen atoms in total.